The molecule has 1 N–H and O–H groups in total. The topological polar surface area (TPSA) is 80.4 Å². The van der Waals surface area contributed by atoms with E-state index in [4.69, 9.17) is 5.11 Å². The molecule has 0 heterocycles. The number of aromatic hydroxyl groups is 1. The smallest absolute Gasteiger partial charge is 0.416 e. The van der Waals surface area contributed by atoms with Crippen LogP contribution in [-0.4, -0.2) is 15.8 Å². The van der Waals surface area contributed by atoms with E-state index >= 15 is 0 Å². The molecule has 0 aliphatic carbocycles. The van der Waals surface area contributed by atoms with Gasteiger partial charge in [-0.25, -0.2) is 0 Å². The molecule has 0 aliphatic rings. The van der Waals surface area contributed by atoms with Crippen molar-refractivity contribution < 1.29 is 28.0 Å². The second-order valence-corrected chi connectivity index (χ2v) is 3.51. The Hall–Kier alpha value is -2.12. The van der Waals surface area contributed by atoms with Gasteiger partial charge in [0.25, 0.3) is 0 Å². The number of nitro benzene ring substituents is 1. The van der Waals surface area contributed by atoms with Gasteiger partial charge >= 0.3 is 11.9 Å². The van der Waals surface area contributed by atoms with Gasteiger partial charge in [0, 0.05) is 12.5 Å². The van der Waals surface area contributed by atoms with Crippen LogP contribution in [0.1, 0.15) is 25.8 Å². The molecule has 0 atom stereocenters. The SMILES string of the molecule is CCC(C)=O.O=[N+]([O-])c1cc(C(F)(F)F)ccc1O. The molecule has 0 saturated heterocycles. The number of hydrogen-bond acceptors (Lipinski definition) is 4. The lowest BCUT2D eigenvalue weighted by molar-refractivity contribution is -0.386. The van der Waals surface area contributed by atoms with Crippen molar-refractivity contribution in [3.05, 3.63) is 33.9 Å². The lowest BCUT2D eigenvalue weighted by Gasteiger charge is -2.05. The summed E-state index contributed by atoms with van der Waals surface area (Å²) in [5, 5.41) is 19.0. The molecule has 1 aromatic carbocycles. The van der Waals surface area contributed by atoms with Crippen LogP contribution in [0.3, 0.4) is 0 Å². The Kier molecular flexibility index (Phi) is 5.97. The van der Waals surface area contributed by atoms with Crippen LogP contribution in [0.4, 0.5) is 18.9 Å². The summed E-state index contributed by atoms with van der Waals surface area (Å²) in [5.41, 5.74) is -2.12. The Morgan fingerprint density at radius 1 is 1.42 bits per heavy atom. The molecule has 0 aromatic heterocycles. The maximum absolute atomic E-state index is 12.1. The van der Waals surface area contributed by atoms with Gasteiger partial charge in [-0.3, -0.25) is 10.1 Å². The molecule has 8 heteroatoms. The summed E-state index contributed by atoms with van der Waals surface area (Å²) in [5.74, 6) is -0.534. The van der Waals surface area contributed by atoms with Gasteiger partial charge in [0.15, 0.2) is 5.75 Å². The number of nitro groups is 1. The minimum atomic E-state index is -4.65. The largest absolute Gasteiger partial charge is 0.502 e. The first kappa shape index (κ1) is 16.9. The van der Waals surface area contributed by atoms with Gasteiger partial charge in [-0.1, -0.05) is 6.92 Å². The number of ketones is 1. The van der Waals surface area contributed by atoms with Gasteiger partial charge in [0.05, 0.1) is 10.5 Å². The summed E-state index contributed by atoms with van der Waals surface area (Å²) in [6, 6.07) is 1.50. The van der Waals surface area contributed by atoms with Crippen LogP contribution in [0.5, 0.6) is 5.75 Å². The van der Waals surface area contributed by atoms with Gasteiger partial charge in [-0.2, -0.15) is 13.2 Å². The Labute approximate surface area is 106 Å². The second-order valence-electron chi connectivity index (χ2n) is 3.51. The van der Waals surface area contributed by atoms with E-state index in [1.807, 2.05) is 6.92 Å². The molecule has 0 fully saturated rings. The average molecular weight is 279 g/mol. The third kappa shape index (κ3) is 5.84. The summed E-state index contributed by atoms with van der Waals surface area (Å²) < 4.78 is 36.2. The van der Waals surface area contributed by atoms with Crippen molar-refractivity contribution in [2.24, 2.45) is 0 Å². The first-order valence-corrected chi connectivity index (χ1v) is 5.13. The predicted molar refractivity (Wildman–Crippen MR) is 60.7 cm³/mol. The number of halogens is 3. The van der Waals surface area contributed by atoms with Crippen LogP contribution in [0.25, 0.3) is 0 Å². The quantitative estimate of drug-likeness (QED) is 0.665. The zero-order chi connectivity index (χ0) is 15.2. The number of carbonyl (C=O) groups is 1. The van der Waals surface area contributed by atoms with Crippen molar-refractivity contribution >= 4 is 11.5 Å². The molecule has 106 valence electrons. The van der Waals surface area contributed by atoms with E-state index in [1.54, 1.807) is 6.92 Å². The number of rotatable bonds is 2. The predicted octanol–water partition coefficient (Wildman–Crippen LogP) is 3.30. The van der Waals surface area contributed by atoms with Crippen molar-refractivity contribution in [3.8, 4) is 5.75 Å². The van der Waals surface area contributed by atoms with Crippen molar-refractivity contribution in [2.75, 3.05) is 0 Å². The van der Waals surface area contributed by atoms with E-state index in [0.29, 0.717) is 18.6 Å². The van der Waals surface area contributed by atoms with Gasteiger partial charge < -0.3 is 9.90 Å². The van der Waals surface area contributed by atoms with Crippen LogP contribution in [-0.2, 0) is 11.0 Å². The Balaban J connectivity index is 0.000000555. The van der Waals surface area contributed by atoms with Crippen LogP contribution in [0, 0.1) is 10.1 Å². The van der Waals surface area contributed by atoms with E-state index in [9.17, 15) is 28.1 Å². The molecular weight excluding hydrogens is 267 g/mol. The molecule has 0 saturated carbocycles. The molecular formula is C11H12F3NO4. The monoisotopic (exact) mass is 279 g/mol. The molecule has 0 amide bonds. The number of Topliss-reactive ketones (excluding diaryl/α,β-unsaturated/α-hetero) is 1. The van der Waals surface area contributed by atoms with E-state index in [2.05, 4.69) is 0 Å². The van der Waals surface area contributed by atoms with Crippen molar-refractivity contribution in [3.63, 3.8) is 0 Å². The molecule has 1 aromatic rings. The number of phenols is 1. The summed E-state index contributed by atoms with van der Waals surface area (Å²) in [6.45, 7) is 3.43. The van der Waals surface area contributed by atoms with E-state index in [0.717, 1.165) is 0 Å². The summed E-state index contributed by atoms with van der Waals surface area (Å²) in [7, 11) is 0. The normalized spacial score (nSPS) is 10.4. The fraction of sp³-hybridized carbons (Fsp3) is 0.364. The number of nitrogens with zero attached hydrogens (tertiary/aromatic N) is 1. The van der Waals surface area contributed by atoms with Crippen LogP contribution >= 0.6 is 0 Å². The van der Waals surface area contributed by atoms with Gasteiger partial charge in [0.1, 0.15) is 5.78 Å². The first-order valence-electron chi connectivity index (χ1n) is 5.13. The molecule has 0 spiro atoms. The third-order valence-corrected chi connectivity index (χ3v) is 2.00. The second kappa shape index (κ2) is 6.72. The maximum Gasteiger partial charge on any atom is 0.416 e. The molecule has 19 heavy (non-hydrogen) atoms. The standard InChI is InChI=1S/C7H4F3NO3.C4H8O/c8-7(9,10)4-1-2-6(12)5(3-4)11(13)14;1-3-4(2)5/h1-3,12H;3H2,1-2H3. The van der Waals surface area contributed by atoms with Crippen molar-refractivity contribution in [1.29, 1.82) is 0 Å². The highest BCUT2D eigenvalue weighted by atomic mass is 19.4. The molecule has 1 rings (SSSR count). The molecule has 0 radical (unpaired) electrons. The van der Waals surface area contributed by atoms with Gasteiger partial charge in [-0.05, 0) is 19.1 Å². The Bertz CT molecular complexity index is 471. The zero-order valence-corrected chi connectivity index (χ0v) is 10.2. The highest BCUT2D eigenvalue weighted by Crippen LogP contribution is 2.35. The Morgan fingerprint density at radius 2 is 1.89 bits per heavy atom. The highest BCUT2D eigenvalue weighted by molar-refractivity contribution is 5.74. The molecule has 0 bridgehead atoms. The van der Waals surface area contributed by atoms with E-state index in [-0.39, 0.29) is 11.8 Å². The highest BCUT2D eigenvalue weighted by Gasteiger charge is 2.32. The lowest BCUT2D eigenvalue weighted by Crippen LogP contribution is -2.05. The number of phenolic OH excluding ortho intramolecular Hbond substituents is 1. The van der Waals surface area contributed by atoms with Crippen LogP contribution in [0.15, 0.2) is 18.2 Å². The molecule has 0 aliphatic heterocycles. The summed E-state index contributed by atoms with van der Waals surface area (Å²) in [6.07, 6.45) is -3.99. The van der Waals surface area contributed by atoms with E-state index < -0.39 is 28.1 Å². The number of hydrogen-bond donors (Lipinski definition) is 1. The molecule has 0 unspecified atom stereocenters. The van der Waals surface area contributed by atoms with Crippen molar-refractivity contribution in [2.45, 2.75) is 26.4 Å². The number of carbonyl (C=O) groups excluding carboxylic acids is 1. The van der Waals surface area contributed by atoms with Crippen LogP contribution < -0.4 is 0 Å². The molecule has 5 nitrogen and oxygen atoms in total. The van der Waals surface area contributed by atoms with Crippen LogP contribution in [0.2, 0.25) is 0 Å². The van der Waals surface area contributed by atoms with Gasteiger partial charge in [0.2, 0.25) is 0 Å². The summed E-state index contributed by atoms with van der Waals surface area (Å²) in [4.78, 5) is 18.9. The number of benzene rings is 1. The lowest BCUT2D eigenvalue weighted by atomic mass is 10.2. The number of alkyl halides is 3. The average Bonchev–Trinajstić information content (AvgIpc) is 2.28. The maximum atomic E-state index is 12.1. The Morgan fingerprint density at radius 3 is 2.21 bits per heavy atom. The zero-order valence-electron chi connectivity index (χ0n) is 10.2. The first-order chi connectivity index (χ1) is 8.59. The fourth-order valence-electron chi connectivity index (χ4n) is 0.846. The van der Waals surface area contributed by atoms with Crippen molar-refractivity contribution in [1.82, 2.24) is 0 Å². The fourth-order valence-corrected chi connectivity index (χ4v) is 0.846. The minimum absolute atomic E-state index is 0.255. The third-order valence-electron chi connectivity index (χ3n) is 2.00. The minimum Gasteiger partial charge on any atom is -0.502 e. The van der Waals surface area contributed by atoms with E-state index in [1.165, 1.54) is 0 Å². The van der Waals surface area contributed by atoms with Gasteiger partial charge in [-0.15, -0.1) is 0 Å². The summed E-state index contributed by atoms with van der Waals surface area (Å²) >= 11 is 0.